The zero-order chi connectivity index (χ0) is 16.0. The molecule has 2 aromatic heterocycles. The highest BCUT2D eigenvalue weighted by Gasteiger charge is 2.27. The zero-order valence-electron chi connectivity index (χ0n) is 13.3. The van der Waals surface area contributed by atoms with Crippen LogP contribution in [0.2, 0.25) is 0 Å². The summed E-state index contributed by atoms with van der Waals surface area (Å²) in [5.41, 5.74) is 1.02. The van der Waals surface area contributed by atoms with Crippen molar-refractivity contribution in [3.63, 3.8) is 0 Å². The molecule has 0 bridgehead atoms. The van der Waals surface area contributed by atoms with Crippen LogP contribution in [0.1, 0.15) is 55.0 Å². The van der Waals surface area contributed by atoms with Gasteiger partial charge in [-0.15, -0.1) is 17.9 Å². The summed E-state index contributed by atoms with van der Waals surface area (Å²) >= 11 is 1.64. The molecule has 0 radical (unpaired) electrons. The number of hydrogen-bond donors (Lipinski definition) is 0. The van der Waals surface area contributed by atoms with Crippen LogP contribution in [0.5, 0.6) is 0 Å². The van der Waals surface area contributed by atoms with Crippen molar-refractivity contribution in [2.24, 2.45) is 0 Å². The molecule has 4 rings (SSSR count). The van der Waals surface area contributed by atoms with Crippen molar-refractivity contribution in [2.45, 2.75) is 64.0 Å². The fourth-order valence-corrected chi connectivity index (χ4v) is 5.56. The van der Waals surface area contributed by atoms with E-state index in [2.05, 4.69) is 6.58 Å². The van der Waals surface area contributed by atoms with Gasteiger partial charge in [0, 0.05) is 17.5 Å². The molecule has 23 heavy (non-hydrogen) atoms. The summed E-state index contributed by atoms with van der Waals surface area (Å²) in [7, 11) is 0. The second-order valence-corrected chi connectivity index (χ2v) is 7.77. The Labute approximate surface area is 139 Å². The molecule has 0 spiro atoms. The third-order valence-corrected chi connectivity index (χ3v) is 6.58. The minimum Gasteiger partial charge on any atom is -0.280 e. The van der Waals surface area contributed by atoms with Crippen molar-refractivity contribution in [2.75, 3.05) is 0 Å². The van der Waals surface area contributed by atoms with Gasteiger partial charge in [0.15, 0.2) is 0 Å². The van der Waals surface area contributed by atoms with E-state index in [-0.39, 0.29) is 17.3 Å². The molecule has 0 N–H and O–H groups in total. The van der Waals surface area contributed by atoms with Crippen molar-refractivity contribution >= 4 is 21.6 Å². The molecule has 0 saturated heterocycles. The van der Waals surface area contributed by atoms with E-state index < -0.39 is 0 Å². The molecule has 0 aromatic carbocycles. The molecular weight excluding hydrogens is 308 g/mol. The third kappa shape index (κ3) is 2.24. The third-order valence-electron chi connectivity index (χ3n) is 5.27. The topological polar surface area (TPSA) is 44.0 Å². The Morgan fingerprint density at radius 1 is 1.13 bits per heavy atom. The van der Waals surface area contributed by atoms with Gasteiger partial charge in [-0.05, 0) is 37.7 Å². The monoisotopic (exact) mass is 330 g/mol. The molecule has 122 valence electrons. The molecule has 2 aliphatic rings. The van der Waals surface area contributed by atoms with Gasteiger partial charge in [0.25, 0.3) is 5.56 Å². The lowest BCUT2D eigenvalue weighted by Crippen LogP contribution is -2.42. The molecule has 1 saturated carbocycles. The maximum atomic E-state index is 13.2. The van der Waals surface area contributed by atoms with Crippen LogP contribution in [0.4, 0.5) is 0 Å². The number of fused-ring (bicyclic) bond motifs is 3. The van der Waals surface area contributed by atoms with E-state index in [0.717, 1.165) is 55.2 Å². The molecule has 2 aromatic rings. The lowest BCUT2D eigenvalue weighted by atomic mass is 9.95. The number of nitrogens with zero attached hydrogens (tertiary/aromatic N) is 2. The molecule has 0 unspecified atom stereocenters. The van der Waals surface area contributed by atoms with E-state index in [9.17, 15) is 9.59 Å². The van der Waals surface area contributed by atoms with Crippen LogP contribution in [0.25, 0.3) is 10.2 Å². The SMILES string of the molecule is C=CCn1c(=O)n(C2CCCCC2)c(=O)c2c3c(sc21)CCC3. The lowest BCUT2D eigenvalue weighted by Gasteiger charge is -2.24. The van der Waals surface area contributed by atoms with Gasteiger partial charge in [-0.1, -0.05) is 25.3 Å². The molecule has 4 nitrogen and oxygen atoms in total. The molecule has 2 aliphatic carbocycles. The summed E-state index contributed by atoms with van der Waals surface area (Å²) in [5, 5.41) is 0.814. The predicted molar refractivity (Wildman–Crippen MR) is 94.7 cm³/mol. The highest BCUT2D eigenvalue weighted by atomic mass is 32.1. The van der Waals surface area contributed by atoms with Crippen LogP contribution in [-0.2, 0) is 19.4 Å². The van der Waals surface area contributed by atoms with Crippen LogP contribution >= 0.6 is 11.3 Å². The minimum atomic E-state index is -0.144. The first kappa shape index (κ1) is 14.9. The highest BCUT2D eigenvalue weighted by Crippen LogP contribution is 2.35. The van der Waals surface area contributed by atoms with E-state index in [0.29, 0.717) is 6.54 Å². The Kier molecular flexibility index (Phi) is 3.76. The molecular formula is C18H22N2O2S. The van der Waals surface area contributed by atoms with Crippen molar-refractivity contribution in [3.8, 4) is 0 Å². The molecule has 0 atom stereocenters. The van der Waals surface area contributed by atoms with Gasteiger partial charge in [-0.3, -0.25) is 13.9 Å². The number of aryl methyl sites for hydroxylation is 2. The molecule has 0 aliphatic heterocycles. The maximum absolute atomic E-state index is 13.2. The maximum Gasteiger partial charge on any atom is 0.332 e. The average Bonchev–Trinajstić information content (AvgIpc) is 3.13. The summed E-state index contributed by atoms with van der Waals surface area (Å²) in [6.45, 7) is 4.26. The summed E-state index contributed by atoms with van der Waals surface area (Å²) in [6.07, 6.45) is 10.2. The van der Waals surface area contributed by atoms with E-state index in [1.165, 1.54) is 16.9 Å². The van der Waals surface area contributed by atoms with E-state index in [1.54, 1.807) is 26.5 Å². The normalized spacial score (nSPS) is 18.4. The van der Waals surface area contributed by atoms with Crippen molar-refractivity contribution in [1.82, 2.24) is 9.13 Å². The fourth-order valence-electron chi connectivity index (χ4n) is 4.18. The first-order valence-corrected chi connectivity index (χ1v) is 9.44. The first-order chi connectivity index (χ1) is 11.2. The number of aromatic nitrogens is 2. The second kappa shape index (κ2) is 5.78. The summed E-state index contributed by atoms with van der Waals surface area (Å²) in [5.74, 6) is 0. The summed E-state index contributed by atoms with van der Waals surface area (Å²) < 4.78 is 3.33. The average molecular weight is 330 g/mol. The van der Waals surface area contributed by atoms with Gasteiger partial charge in [0.1, 0.15) is 4.83 Å². The fraction of sp³-hybridized carbons (Fsp3) is 0.556. The molecule has 0 amide bonds. The largest absolute Gasteiger partial charge is 0.332 e. The number of hydrogen-bond acceptors (Lipinski definition) is 3. The highest BCUT2D eigenvalue weighted by molar-refractivity contribution is 7.18. The standard InChI is InChI=1S/C18H22N2O2S/c1-2-11-19-17-15(13-9-6-10-14(13)23-17)16(21)20(18(19)22)12-7-4-3-5-8-12/h2,12H,1,3-11H2. The summed E-state index contributed by atoms with van der Waals surface area (Å²) in [6, 6.07) is 0.0705. The van der Waals surface area contributed by atoms with E-state index in [1.807, 2.05) is 0 Å². The first-order valence-electron chi connectivity index (χ1n) is 8.63. The summed E-state index contributed by atoms with van der Waals surface area (Å²) in [4.78, 5) is 28.3. The van der Waals surface area contributed by atoms with Gasteiger partial charge >= 0.3 is 5.69 Å². The molecule has 2 heterocycles. The Morgan fingerprint density at radius 2 is 1.91 bits per heavy atom. The Morgan fingerprint density at radius 3 is 2.65 bits per heavy atom. The van der Waals surface area contributed by atoms with E-state index >= 15 is 0 Å². The van der Waals surface area contributed by atoms with Crippen molar-refractivity contribution < 1.29 is 0 Å². The Balaban J connectivity index is 2.04. The molecule has 1 fully saturated rings. The van der Waals surface area contributed by atoms with Crippen LogP contribution in [0, 0.1) is 0 Å². The lowest BCUT2D eigenvalue weighted by molar-refractivity contribution is 0.333. The quantitative estimate of drug-likeness (QED) is 0.810. The Hall–Kier alpha value is -1.62. The van der Waals surface area contributed by atoms with Gasteiger partial charge in [0.05, 0.1) is 5.39 Å². The number of rotatable bonds is 3. The van der Waals surface area contributed by atoms with Crippen molar-refractivity contribution in [3.05, 3.63) is 43.9 Å². The molecule has 5 heteroatoms. The minimum absolute atomic E-state index is 0.0448. The van der Waals surface area contributed by atoms with Crippen LogP contribution in [0.3, 0.4) is 0 Å². The van der Waals surface area contributed by atoms with Crippen LogP contribution < -0.4 is 11.2 Å². The van der Waals surface area contributed by atoms with Gasteiger partial charge in [-0.2, -0.15) is 0 Å². The van der Waals surface area contributed by atoms with Crippen LogP contribution in [0.15, 0.2) is 22.2 Å². The predicted octanol–water partition coefficient (Wildman–Crippen LogP) is 3.40. The number of thiophene rings is 1. The number of allylic oxidation sites excluding steroid dienone is 1. The zero-order valence-corrected chi connectivity index (χ0v) is 14.2. The Bertz CT molecular complexity index is 881. The van der Waals surface area contributed by atoms with E-state index in [4.69, 9.17) is 0 Å². The smallest absolute Gasteiger partial charge is 0.280 e. The van der Waals surface area contributed by atoms with Gasteiger partial charge in [-0.25, -0.2) is 4.79 Å². The second-order valence-electron chi connectivity index (χ2n) is 6.69. The van der Waals surface area contributed by atoms with Gasteiger partial charge in [0.2, 0.25) is 0 Å². The van der Waals surface area contributed by atoms with Crippen LogP contribution in [-0.4, -0.2) is 9.13 Å². The van der Waals surface area contributed by atoms with Crippen molar-refractivity contribution in [1.29, 1.82) is 0 Å². The van der Waals surface area contributed by atoms with Gasteiger partial charge < -0.3 is 0 Å².